The van der Waals surface area contributed by atoms with E-state index in [1.807, 2.05) is 0 Å². The molecule has 1 heterocycles. The first kappa shape index (κ1) is 14.9. The van der Waals surface area contributed by atoms with E-state index in [4.69, 9.17) is 14.2 Å². The van der Waals surface area contributed by atoms with E-state index in [0.717, 1.165) is 0 Å². The number of anilines is 1. The van der Waals surface area contributed by atoms with E-state index in [2.05, 4.69) is 10.4 Å². The topological polar surface area (TPSA) is 74.6 Å². The van der Waals surface area contributed by atoms with E-state index in [1.54, 1.807) is 42.4 Å². The lowest BCUT2D eigenvalue weighted by molar-refractivity contribution is 0.102. The maximum absolute atomic E-state index is 12.2. The van der Waals surface area contributed by atoms with Crippen LogP contribution in [0.5, 0.6) is 11.5 Å². The monoisotopic (exact) mass is 291 g/mol. The molecule has 2 rings (SSSR count). The summed E-state index contributed by atoms with van der Waals surface area (Å²) in [4.78, 5) is 12.2. The van der Waals surface area contributed by atoms with Crippen LogP contribution in [0.3, 0.4) is 0 Å². The molecule has 0 radical (unpaired) electrons. The first-order chi connectivity index (χ1) is 10.2. The van der Waals surface area contributed by atoms with Gasteiger partial charge in [0.2, 0.25) is 0 Å². The van der Waals surface area contributed by atoms with Crippen molar-refractivity contribution in [3.63, 3.8) is 0 Å². The lowest BCUT2D eigenvalue weighted by Crippen LogP contribution is -2.11. The van der Waals surface area contributed by atoms with Crippen LogP contribution in [-0.4, -0.2) is 37.0 Å². The molecule has 0 spiro atoms. The number of rotatable bonds is 6. The van der Waals surface area contributed by atoms with Crippen molar-refractivity contribution in [2.24, 2.45) is 0 Å². The summed E-state index contributed by atoms with van der Waals surface area (Å²) in [5.74, 6) is 0.827. The summed E-state index contributed by atoms with van der Waals surface area (Å²) in [6, 6.07) is 4.97. The minimum Gasteiger partial charge on any atom is -0.497 e. The summed E-state index contributed by atoms with van der Waals surface area (Å²) in [5, 5.41) is 6.80. The Morgan fingerprint density at radius 2 is 1.86 bits per heavy atom. The molecule has 7 heteroatoms. The zero-order valence-corrected chi connectivity index (χ0v) is 12.1. The molecule has 0 aliphatic rings. The van der Waals surface area contributed by atoms with E-state index >= 15 is 0 Å². The summed E-state index contributed by atoms with van der Waals surface area (Å²) in [6.45, 7) is 0.322. The van der Waals surface area contributed by atoms with Gasteiger partial charge in [-0.3, -0.25) is 4.79 Å². The molecule has 1 aromatic carbocycles. The quantitative estimate of drug-likeness (QED) is 0.877. The number of amides is 1. The molecule has 0 bridgehead atoms. The van der Waals surface area contributed by atoms with Crippen LogP contribution >= 0.6 is 0 Å². The Hall–Kier alpha value is -2.54. The summed E-state index contributed by atoms with van der Waals surface area (Å²) < 4.78 is 16.8. The van der Waals surface area contributed by atoms with Crippen molar-refractivity contribution in [1.82, 2.24) is 9.78 Å². The largest absolute Gasteiger partial charge is 0.497 e. The number of nitrogens with one attached hydrogen (secondary N) is 1. The number of nitrogens with zero attached hydrogens (tertiary/aromatic N) is 2. The highest BCUT2D eigenvalue weighted by Crippen LogP contribution is 2.23. The molecule has 1 aromatic heterocycles. The molecule has 0 aliphatic heterocycles. The number of hydrogen-bond acceptors (Lipinski definition) is 5. The summed E-state index contributed by atoms with van der Waals surface area (Å²) in [7, 11) is 4.64. The van der Waals surface area contributed by atoms with Gasteiger partial charge in [-0.2, -0.15) is 5.10 Å². The van der Waals surface area contributed by atoms with Crippen LogP contribution in [0.4, 0.5) is 5.69 Å². The van der Waals surface area contributed by atoms with Crippen molar-refractivity contribution in [1.29, 1.82) is 0 Å². The Kier molecular flexibility index (Phi) is 4.78. The average molecular weight is 291 g/mol. The molecular weight excluding hydrogens is 274 g/mol. The van der Waals surface area contributed by atoms with E-state index in [-0.39, 0.29) is 5.91 Å². The van der Waals surface area contributed by atoms with Crippen LogP contribution in [0.25, 0.3) is 0 Å². The minimum absolute atomic E-state index is 0.274. The zero-order valence-electron chi connectivity index (χ0n) is 12.1. The number of aromatic nitrogens is 2. The third kappa shape index (κ3) is 3.73. The van der Waals surface area contributed by atoms with Crippen molar-refractivity contribution in [3.05, 3.63) is 36.2 Å². The highest BCUT2D eigenvalue weighted by Gasteiger charge is 2.11. The maximum Gasteiger partial charge on any atom is 0.256 e. The molecule has 0 fully saturated rings. The Bertz CT molecular complexity index is 602. The van der Waals surface area contributed by atoms with E-state index in [0.29, 0.717) is 29.5 Å². The molecule has 1 N–H and O–H groups in total. The van der Waals surface area contributed by atoms with Gasteiger partial charge in [-0.15, -0.1) is 0 Å². The van der Waals surface area contributed by atoms with Crippen LogP contribution in [-0.2, 0) is 11.5 Å². The average Bonchev–Trinajstić information content (AvgIpc) is 2.94. The molecule has 2 aromatic rings. The molecule has 0 atom stereocenters. The summed E-state index contributed by atoms with van der Waals surface area (Å²) >= 11 is 0. The fourth-order valence-electron chi connectivity index (χ4n) is 1.77. The molecule has 112 valence electrons. The molecule has 0 saturated heterocycles. The number of hydrogen-bond donors (Lipinski definition) is 1. The summed E-state index contributed by atoms with van der Waals surface area (Å²) in [6.07, 6.45) is 3.23. The molecule has 1 amide bonds. The normalized spacial score (nSPS) is 10.2. The van der Waals surface area contributed by atoms with Gasteiger partial charge in [-0.1, -0.05) is 0 Å². The van der Waals surface area contributed by atoms with Crippen molar-refractivity contribution >= 4 is 11.6 Å². The zero-order chi connectivity index (χ0) is 15.2. The lowest BCUT2D eigenvalue weighted by Gasteiger charge is -2.08. The number of carbonyl (C=O) groups is 1. The second-order valence-corrected chi connectivity index (χ2v) is 4.24. The highest BCUT2D eigenvalue weighted by molar-refractivity contribution is 6.04. The van der Waals surface area contributed by atoms with Crippen molar-refractivity contribution < 1.29 is 19.0 Å². The molecule has 7 nitrogen and oxygen atoms in total. The fourth-order valence-corrected chi connectivity index (χ4v) is 1.77. The Morgan fingerprint density at radius 1 is 1.19 bits per heavy atom. The van der Waals surface area contributed by atoms with Gasteiger partial charge >= 0.3 is 0 Å². The summed E-state index contributed by atoms with van der Waals surface area (Å²) in [5.41, 5.74) is 1.02. The van der Waals surface area contributed by atoms with E-state index < -0.39 is 0 Å². The van der Waals surface area contributed by atoms with Crippen LogP contribution < -0.4 is 14.8 Å². The third-order valence-corrected chi connectivity index (χ3v) is 2.77. The number of ether oxygens (including phenoxy) is 3. The van der Waals surface area contributed by atoms with Gasteiger partial charge in [-0.05, 0) is 12.1 Å². The van der Waals surface area contributed by atoms with Crippen molar-refractivity contribution in [2.75, 3.05) is 26.6 Å². The standard InChI is InChI=1S/C14H17N3O4/c1-19-9-17-8-11(7-15-17)16-14(18)10-4-12(20-2)6-13(5-10)21-3/h4-8H,9H2,1-3H3,(H,16,18). The molecule has 0 aliphatic carbocycles. The van der Waals surface area contributed by atoms with Crippen LogP contribution in [0.15, 0.2) is 30.6 Å². The van der Waals surface area contributed by atoms with Crippen molar-refractivity contribution in [3.8, 4) is 11.5 Å². The second kappa shape index (κ2) is 6.76. The van der Waals surface area contributed by atoms with E-state index in [9.17, 15) is 4.79 Å². The van der Waals surface area contributed by atoms with Gasteiger partial charge < -0.3 is 19.5 Å². The maximum atomic E-state index is 12.2. The van der Waals surface area contributed by atoms with Gasteiger partial charge in [0.05, 0.1) is 32.3 Å². The fraction of sp³-hybridized carbons (Fsp3) is 0.286. The predicted octanol–water partition coefficient (Wildman–Crippen LogP) is 1.76. The predicted molar refractivity (Wildman–Crippen MR) is 76.7 cm³/mol. The van der Waals surface area contributed by atoms with Gasteiger partial charge in [-0.25, -0.2) is 4.68 Å². The minimum atomic E-state index is -0.274. The first-order valence-electron chi connectivity index (χ1n) is 6.22. The SMILES string of the molecule is COCn1cc(NC(=O)c2cc(OC)cc(OC)c2)cn1. The highest BCUT2D eigenvalue weighted by atomic mass is 16.5. The molecule has 0 saturated carbocycles. The molecule has 0 unspecified atom stereocenters. The van der Waals surface area contributed by atoms with Gasteiger partial charge in [0, 0.05) is 18.7 Å². The number of methoxy groups -OCH3 is 3. The number of carbonyl (C=O) groups excluding carboxylic acids is 1. The first-order valence-corrected chi connectivity index (χ1v) is 6.22. The molecule has 21 heavy (non-hydrogen) atoms. The van der Waals surface area contributed by atoms with Crippen molar-refractivity contribution in [2.45, 2.75) is 6.73 Å². The Morgan fingerprint density at radius 3 is 2.43 bits per heavy atom. The van der Waals surface area contributed by atoms with Gasteiger partial charge in [0.15, 0.2) is 0 Å². The van der Waals surface area contributed by atoms with Crippen LogP contribution in [0.1, 0.15) is 10.4 Å². The van der Waals surface area contributed by atoms with Crippen LogP contribution in [0.2, 0.25) is 0 Å². The third-order valence-electron chi connectivity index (χ3n) is 2.77. The van der Waals surface area contributed by atoms with Crippen LogP contribution in [0, 0.1) is 0 Å². The van der Waals surface area contributed by atoms with Gasteiger partial charge in [0.25, 0.3) is 5.91 Å². The van der Waals surface area contributed by atoms with Gasteiger partial charge in [0.1, 0.15) is 18.2 Å². The lowest BCUT2D eigenvalue weighted by atomic mass is 10.2. The van der Waals surface area contributed by atoms with E-state index in [1.165, 1.54) is 14.2 Å². The smallest absolute Gasteiger partial charge is 0.256 e. The number of benzene rings is 1. The Labute approximate surface area is 122 Å². The molecular formula is C14H17N3O4. The second-order valence-electron chi connectivity index (χ2n) is 4.24. The Balaban J connectivity index is 2.15.